The molecule has 2 aliphatic rings. The second-order valence-corrected chi connectivity index (χ2v) is 9.77. The van der Waals surface area contributed by atoms with E-state index in [1.165, 1.54) is 16.8 Å². The van der Waals surface area contributed by atoms with Crippen LogP contribution in [0.5, 0.6) is 0 Å². The number of hydrogen-bond acceptors (Lipinski definition) is 4. The number of likely N-dealkylation sites (N-methyl/N-ethyl adjacent to an activating group) is 1. The number of nitrogens with zero attached hydrogens (tertiary/aromatic N) is 3. The van der Waals surface area contributed by atoms with Crippen LogP contribution in [0.15, 0.2) is 48.5 Å². The molecule has 0 aliphatic carbocycles. The Hall–Kier alpha value is -2.37. The molecule has 2 aromatic carbocycles. The Morgan fingerprint density at radius 2 is 1.61 bits per heavy atom. The van der Waals surface area contributed by atoms with E-state index in [1.54, 1.807) is 0 Å². The number of anilines is 2. The fourth-order valence-electron chi connectivity index (χ4n) is 4.42. The second kappa shape index (κ2) is 9.01. The van der Waals surface area contributed by atoms with Crippen LogP contribution in [0.4, 0.5) is 11.4 Å². The second-order valence-electron chi connectivity index (χ2n) is 9.77. The number of hydrogen-bond donors (Lipinski definition) is 0. The molecule has 166 valence electrons. The highest BCUT2D eigenvalue weighted by atomic mass is 16.5. The first-order valence-electron chi connectivity index (χ1n) is 11.4. The highest BCUT2D eigenvalue weighted by molar-refractivity contribution is 5.97. The van der Waals surface area contributed by atoms with Crippen LogP contribution in [-0.2, 0) is 21.4 Å². The average molecular weight is 422 g/mol. The van der Waals surface area contributed by atoms with Crippen molar-refractivity contribution in [2.75, 3.05) is 56.2 Å². The number of carbonyl (C=O) groups is 1. The van der Waals surface area contributed by atoms with E-state index in [1.807, 2.05) is 4.90 Å². The summed E-state index contributed by atoms with van der Waals surface area (Å²) >= 11 is 0. The van der Waals surface area contributed by atoms with Crippen molar-refractivity contribution in [1.29, 1.82) is 0 Å². The fraction of sp³-hybridized carbons (Fsp3) is 0.500. The van der Waals surface area contributed by atoms with Crippen LogP contribution in [0.3, 0.4) is 0 Å². The highest BCUT2D eigenvalue weighted by Crippen LogP contribution is 2.28. The molecular weight excluding hydrogens is 386 g/mol. The lowest BCUT2D eigenvalue weighted by Gasteiger charge is -2.36. The van der Waals surface area contributed by atoms with E-state index in [0.717, 1.165) is 31.9 Å². The predicted octanol–water partition coefficient (Wildman–Crippen LogP) is 3.71. The van der Waals surface area contributed by atoms with Gasteiger partial charge >= 0.3 is 0 Å². The summed E-state index contributed by atoms with van der Waals surface area (Å²) < 4.78 is 5.97. The van der Waals surface area contributed by atoms with Crippen molar-refractivity contribution in [2.45, 2.75) is 38.7 Å². The van der Waals surface area contributed by atoms with Crippen molar-refractivity contribution in [3.8, 4) is 0 Å². The van der Waals surface area contributed by atoms with E-state index in [9.17, 15) is 4.79 Å². The van der Waals surface area contributed by atoms with Gasteiger partial charge in [-0.3, -0.25) is 4.79 Å². The fourth-order valence-corrected chi connectivity index (χ4v) is 4.42. The molecule has 0 bridgehead atoms. The molecule has 2 saturated heterocycles. The smallest absolute Gasteiger partial charge is 0.256 e. The van der Waals surface area contributed by atoms with Crippen LogP contribution >= 0.6 is 0 Å². The summed E-state index contributed by atoms with van der Waals surface area (Å²) in [7, 11) is 2.17. The van der Waals surface area contributed by atoms with E-state index in [4.69, 9.17) is 4.74 Å². The summed E-state index contributed by atoms with van der Waals surface area (Å²) in [5.41, 5.74) is 4.76. The normalized spacial score (nSPS) is 20.9. The van der Waals surface area contributed by atoms with Crippen LogP contribution in [-0.4, -0.2) is 63.3 Å². The maximum Gasteiger partial charge on any atom is 0.256 e. The van der Waals surface area contributed by atoms with Crippen LogP contribution < -0.4 is 9.80 Å². The zero-order valence-electron chi connectivity index (χ0n) is 19.3. The summed E-state index contributed by atoms with van der Waals surface area (Å²) in [5.74, 6) is 0.0583. The predicted molar refractivity (Wildman–Crippen MR) is 127 cm³/mol. The standard InChI is InChI=1S/C26H35N3O2/c1-26(2,3)21-9-11-22(12-10-21)29-17-18-31-24(25(29)30)19-20-7-5-6-8-23(20)28-15-13-27(4)14-16-28/h5-12,24H,13-19H2,1-4H3. The summed E-state index contributed by atoms with van der Waals surface area (Å²) in [4.78, 5) is 20.0. The molecule has 2 aromatic rings. The maximum absolute atomic E-state index is 13.3. The van der Waals surface area contributed by atoms with Crippen molar-refractivity contribution in [2.24, 2.45) is 0 Å². The van der Waals surface area contributed by atoms with Gasteiger partial charge in [-0.2, -0.15) is 0 Å². The minimum Gasteiger partial charge on any atom is -0.369 e. The van der Waals surface area contributed by atoms with Crippen molar-refractivity contribution in [1.82, 2.24) is 4.90 Å². The van der Waals surface area contributed by atoms with Crippen LogP contribution in [0.1, 0.15) is 31.9 Å². The van der Waals surface area contributed by atoms with Gasteiger partial charge in [0.1, 0.15) is 6.10 Å². The Labute approximate surface area is 186 Å². The monoisotopic (exact) mass is 421 g/mol. The quantitative estimate of drug-likeness (QED) is 0.754. The largest absolute Gasteiger partial charge is 0.369 e. The maximum atomic E-state index is 13.3. The molecule has 4 rings (SSSR count). The Morgan fingerprint density at radius 1 is 0.935 bits per heavy atom. The molecule has 5 heteroatoms. The third-order valence-corrected chi connectivity index (χ3v) is 6.46. The molecule has 0 N–H and O–H groups in total. The lowest BCUT2D eigenvalue weighted by Crippen LogP contribution is -2.49. The SMILES string of the molecule is CN1CCN(c2ccccc2CC2OCCN(c3ccc(C(C)(C)C)cc3)C2=O)CC1. The number of piperazine rings is 1. The van der Waals surface area contributed by atoms with Gasteiger partial charge < -0.3 is 19.4 Å². The van der Waals surface area contributed by atoms with Crippen LogP contribution in [0.25, 0.3) is 0 Å². The molecule has 31 heavy (non-hydrogen) atoms. The van der Waals surface area contributed by atoms with Crippen molar-refractivity contribution in [3.05, 3.63) is 59.7 Å². The molecule has 0 saturated carbocycles. The molecule has 1 amide bonds. The number of rotatable bonds is 4. The van der Waals surface area contributed by atoms with Gasteiger partial charge in [-0.1, -0.05) is 51.1 Å². The van der Waals surface area contributed by atoms with Gasteiger partial charge in [-0.05, 0) is 41.8 Å². The van der Waals surface area contributed by atoms with Gasteiger partial charge in [0.15, 0.2) is 0 Å². The third-order valence-electron chi connectivity index (χ3n) is 6.46. The average Bonchev–Trinajstić information content (AvgIpc) is 2.76. The lowest BCUT2D eigenvalue weighted by atomic mass is 9.87. The number of benzene rings is 2. The molecule has 1 atom stereocenters. The molecule has 0 aromatic heterocycles. The first kappa shape index (κ1) is 21.8. The first-order valence-corrected chi connectivity index (χ1v) is 11.4. The Morgan fingerprint density at radius 3 is 2.29 bits per heavy atom. The number of para-hydroxylation sites is 1. The minimum absolute atomic E-state index is 0.0583. The molecule has 5 nitrogen and oxygen atoms in total. The van der Waals surface area contributed by atoms with Crippen molar-refractivity contribution in [3.63, 3.8) is 0 Å². The van der Waals surface area contributed by atoms with Gasteiger partial charge in [0.05, 0.1) is 6.61 Å². The zero-order chi connectivity index (χ0) is 22.0. The van der Waals surface area contributed by atoms with Gasteiger partial charge in [0.2, 0.25) is 0 Å². The lowest BCUT2D eigenvalue weighted by molar-refractivity contribution is -0.133. The van der Waals surface area contributed by atoms with Gasteiger partial charge in [-0.15, -0.1) is 0 Å². The number of carbonyl (C=O) groups excluding carboxylic acids is 1. The number of morpholine rings is 1. The molecule has 2 aliphatic heterocycles. The molecule has 0 radical (unpaired) electrons. The van der Waals surface area contributed by atoms with Gasteiger partial charge in [0.25, 0.3) is 5.91 Å². The third kappa shape index (κ3) is 4.94. The first-order chi connectivity index (χ1) is 14.8. The molecule has 2 heterocycles. The summed E-state index contributed by atoms with van der Waals surface area (Å²) in [6.45, 7) is 11.9. The zero-order valence-corrected chi connectivity index (χ0v) is 19.3. The molecular formula is C26H35N3O2. The van der Waals surface area contributed by atoms with Gasteiger partial charge in [-0.25, -0.2) is 0 Å². The van der Waals surface area contributed by atoms with E-state index < -0.39 is 6.10 Å². The van der Waals surface area contributed by atoms with E-state index in [2.05, 4.69) is 86.1 Å². The van der Waals surface area contributed by atoms with E-state index in [0.29, 0.717) is 19.6 Å². The Bertz CT molecular complexity index is 896. The van der Waals surface area contributed by atoms with Gasteiger partial charge in [0, 0.05) is 50.5 Å². The number of ether oxygens (including phenoxy) is 1. The minimum atomic E-state index is -0.440. The molecule has 1 unspecified atom stereocenters. The van der Waals surface area contributed by atoms with Crippen molar-refractivity contribution >= 4 is 17.3 Å². The molecule has 0 spiro atoms. The van der Waals surface area contributed by atoms with Crippen molar-refractivity contribution < 1.29 is 9.53 Å². The summed E-state index contributed by atoms with van der Waals surface area (Å²) in [6.07, 6.45) is 0.169. The topological polar surface area (TPSA) is 36.0 Å². The summed E-state index contributed by atoms with van der Waals surface area (Å²) in [6, 6.07) is 16.9. The van der Waals surface area contributed by atoms with Crippen LogP contribution in [0, 0.1) is 0 Å². The summed E-state index contributed by atoms with van der Waals surface area (Å²) in [5, 5.41) is 0. The molecule has 2 fully saturated rings. The van der Waals surface area contributed by atoms with Crippen LogP contribution in [0.2, 0.25) is 0 Å². The highest BCUT2D eigenvalue weighted by Gasteiger charge is 2.32. The Balaban J connectivity index is 1.49. The van der Waals surface area contributed by atoms with E-state index in [-0.39, 0.29) is 11.3 Å². The number of amides is 1. The van der Waals surface area contributed by atoms with E-state index >= 15 is 0 Å². The Kier molecular flexibility index (Phi) is 6.35.